The molecule has 3 heterocycles. The van der Waals surface area contributed by atoms with Gasteiger partial charge in [0.25, 0.3) is 15.9 Å². The topological polar surface area (TPSA) is 108 Å². The SMILES string of the molecule is Cc1cc2c(cc1CC(=O)c1sccc1S(=O)(=O)Nc1onc(C)c1Cl)OCO2.[HH].[Na]. The number of nitrogens with one attached hydrogen (secondary N) is 1. The third kappa shape index (κ3) is 4.39. The first-order chi connectivity index (χ1) is 13.8. The Hall–Kier alpha value is -1.56. The Morgan fingerprint density at radius 3 is 2.67 bits per heavy atom. The summed E-state index contributed by atoms with van der Waals surface area (Å²) in [5.74, 6) is 0.665. The first kappa shape index (κ1) is 23.1. The van der Waals surface area contributed by atoms with Crippen molar-refractivity contribution in [1.82, 2.24) is 5.16 Å². The van der Waals surface area contributed by atoms with Crippen molar-refractivity contribution in [2.75, 3.05) is 11.5 Å². The molecule has 0 amide bonds. The Kier molecular flexibility index (Phi) is 6.85. The number of Topliss-reactive ketones (excluding diaryl/α,β-unsaturated/α-hetero) is 1. The zero-order valence-corrected chi connectivity index (χ0v) is 20.7. The van der Waals surface area contributed by atoms with E-state index in [0.29, 0.717) is 17.2 Å². The molecular weight excluding hydrogens is 463 g/mol. The van der Waals surface area contributed by atoms with E-state index >= 15 is 0 Å². The first-order valence-corrected chi connectivity index (χ1v) is 11.1. The molecule has 0 fully saturated rings. The molecule has 1 aromatic carbocycles. The van der Waals surface area contributed by atoms with Gasteiger partial charge in [0.1, 0.15) is 15.6 Å². The molecule has 0 saturated carbocycles. The molecule has 0 saturated heterocycles. The number of halogens is 1. The van der Waals surface area contributed by atoms with Crippen LogP contribution in [0, 0.1) is 13.8 Å². The van der Waals surface area contributed by atoms with Crippen LogP contribution in [0.4, 0.5) is 5.88 Å². The predicted octanol–water partition coefficient (Wildman–Crippen LogP) is 3.83. The number of fused-ring (bicyclic) bond motifs is 1. The molecule has 0 atom stereocenters. The average Bonchev–Trinajstić information content (AvgIpc) is 3.39. The summed E-state index contributed by atoms with van der Waals surface area (Å²) in [4.78, 5) is 12.9. The number of hydrogen-bond acceptors (Lipinski definition) is 8. The van der Waals surface area contributed by atoms with E-state index in [0.717, 1.165) is 22.5 Å². The summed E-state index contributed by atoms with van der Waals surface area (Å²) in [6.45, 7) is 3.57. The van der Waals surface area contributed by atoms with Gasteiger partial charge in [0, 0.05) is 37.4 Å². The summed E-state index contributed by atoms with van der Waals surface area (Å²) >= 11 is 7.03. The van der Waals surface area contributed by atoms with Gasteiger partial charge in [-0.15, -0.1) is 11.3 Å². The first-order valence-electron chi connectivity index (χ1n) is 8.40. The summed E-state index contributed by atoms with van der Waals surface area (Å²) in [6, 6.07) is 4.91. The van der Waals surface area contributed by atoms with Crippen molar-refractivity contribution >= 4 is 74.2 Å². The van der Waals surface area contributed by atoms with Gasteiger partial charge in [0.15, 0.2) is 17.3 Å². The molecule has 12 heteroatoms. The normalized spacial score (nSPS) is 12.5. The van der Waals surface area contributed by atoms with Crippen LogP contribution in [0.3, 0.4) is 0 Å². The van der Waals surface area contributed by atoms with Crippen molar-refractivity contribution in [1.29, 1.82) is 0 Å². The van der Waals surface area contributed by atoms with E-state index in [-0.39, 0.29) is 70.7 Å². The standard InChI is InChI=1S/C18H15ClN2O6S2.Na.H2/c1-9-5-13-14(26-8-25-13)7-11(9)6-12(22)17-15(3-4-28-17)29(23,24)21-18-16(19)10(2)20-27-18;;/h3-5,7,21H,6,8H2,1-2H3;;1H. The van der Waals surface area contributed by atoms with Crippen molar-refractivity contribution < 1.29 is 28.6 Å². The minimum Gasteiger partial charge on any atom is -0.454 e. The van der Waals surface area contributed by atoms with Crippen LogP contribution in [0.2, 0.25) is 5.02 Å². The molecule has 3 aromatic rings. The number of rotatable bonds is 6. The number of aromatic nitrogens is 1. The second-order valence-electron chi connectivity index (χ2n) is 6.36. The summed E-state index contributed by atoms with van der Waals surface area (Å²) in [5, 5.41) is 5.22. The van der Waals surface area contributed by atoms with Gasteiger partial charge in [0.05, 0.1) is 4.88 Å². The third-order valence-corrected chi connectivity index (χ3v) is 7.28. The second-order valence-corrected chi connectivity index (χ2v) is 9.31. The van der Waals surface area contributed by atoms with Crippen LogP contribution in [0.5, 0.6) is 11.5 Å². The second kappa shape index (κ2) is 8.89. The molecule has 155 valence electrons. The number of aryl methyl sites for hydroxylation is 2. The quantitative estimate of drug-likeness (QED) is 0.423. The van der Waals surface area contributed by atoms with Crippen LogP contribution >= 0.6 is 22.9 Å². The van der Waals surface area contributed by atoms with Crippen LogP contribution in [0.25, 0.3) is 0 Å². The van der Waals surface area contributed by atoms with Gasteiger partial charge in [-0.05, 0) is 48.6 Å². The molecule has 1 aliphatic heterocycles. The molecule has 30 heavy (non-hydrogen) atoms. The molecule has 1 radical (unpaired) electrons. The van der Waals surface area contributed by atoms with Gasteiger partial charge >= 0.3 is 0 Å². The van der Waals surface area contributed by atoms with E-state index in [1.807, 2.05) is 6.92 Å². The monoisotopic (exact) mass is 479 g/mol. The number of anilines is 1. The number of thiophene rings is 1. The maximum atomic E-state index is 12.9. The summed E-state index contributed by atoms with van der Waals surface area (Å²) in [7, 11) is -4.09. The molecule has 1 aliphatic rings. The number of ether oxygens (including phenoxy) is 2. The fraction of sp³-hybridized carbons (Fsp3) is 0.222. The molecule has 0 spiro atoms. The van der Waals surface area contributed by atoms with E-state index in [9.17, 15) is 13.2 Å². The molecule has 8 nitrogen and oxygen atoms in total. The Morgan fingerprint density at radius 2 is 2.00 bits per heavy atom. The third-order valence-electron chi connectivity index (χ3n) is 4.37. The van der Waals surface area contributed by atoms with Crippen LogP contribution in [0.15, 0.2) is 33.0 Å². The molecule has 1 N–H and O–H groups in total. The molecule has 0 aliphatic carbocycles. The fourth-order valence-electron chi connectivity index (χ4n) is 2.84. The van der Waals surface area contributed by atoms with Gasteiger partial charge in [0.2, 0.25) is 6.79 Å². The molecule has 2 aromatic heterocycles. The molecule has 0 bridgehead atoms. The van der Waals surface area contributed by atoms with Gasteiger partial charge in [-0.1, -0.05) is 16.8 Å². The summed E-state index contributed by atoms with van der Waals surface area (Å²) in [5.41, 5.74) is 1.94. The Balaban J connectivity index is 0.00000171. The Labute approximate surface area is 205 Å². The van der Waals surface area contributed by atoms with Crippen molar-refractivity contribution in [2.45, 2.75) is 25.2 Å². The Morgan fingerprint density at radius 1 is 1.30 bits per heavy atom. The number of hydrogen-bond donors (Lipinski definition) is 1. The van der Waals surface area contributed by atoms with E-state index in [4.69, 9.17) is 25.6 Å². The zero-order chi connectivity index (χ0) is 20.8. The zero-order valence-electron chi connectivity index (χ0n) is 16.3. The van der Waals surface area contributed by atoms with Crippen molar-refractivity contribution in [3.8, 4) is 11.5 Å². The number of benzene rings is 1. The fourth-order valence-corrected chi connectivity index (χ4v) is 5.40. The van der Waals surface area contributed by atoms with Crippen molar-refractivity contribution in [3.63, 3.8) is 0 Å². The smallest absolute Gasteiger partial charge is 0.265 e. The van der Waals surface area contributed by atoms with E-state index in [1.54, 1.807) is 24.4 Å². The van der Waals surface area contributed by atoms with Crippen LogP contribution in [-0.2, 0) is 16.4 Å². The largest absolute Gasteiger partial charge is 0.454 e. The molecule has 0 unspecified atom stereocenters. The van der Waals surface area contributed by atoms with Gasteiger partial charge < -0.3 is 14.0 Å². The predicted molar refractivity (Wildman–Crippen MR) is 115 cm³/mol. The Bertz CT molecular complexity index is 1230. The van der Waals surface area contributed by atoms with Crippen molar-refractivity contribution in [2.24, 2.45) is 0 Å². The number of nitrogens with zero attached hydrogens (tertiary/aromatic N) is 1. The van der Waals surface area contributed by atoms with Crippen LogP contribution in [-0.4, -0.2) is 55.7 Å². The molecule has 4 rings (SSSR count). The maximum absolute atomic E-state index is 12.9. The van der Waals surface area contributed by atoms with Gasteiger partial charge in [-0.25, -0.2) is 13.1 Å². The minimum absolute atomic E-state index is 0. The summed E-state index contributed by atoms with van der Waals surface area (Å²) in [6.07, 6.45) is 0.0215. The van der Waals surface area contributed by atoms with E-state index in [2.05, 4.69) is 9.88 Å². The van der Waals surface area contributed by atoms with E-state index < -0.39 is 10.0 Å². The number of sulfonamides is 1. The van der Waals surface area contributed by atoms with Crippen LogP contribution in [0.1, 0.15) is 27.9 Å². The molecular formula is C18H17ClN2NaO6S2. The number of carbonyl (C=O) groups excluding carboxylic acids is 1. The maximum Gasteiger partial charge on any atom is 0.265 e. The van der Waals surface area contributed by atoms with Gasteiger partial charge in [-0.2, -0.15) is 0 Å². The van der Waals surface area contributed by atoms with Crippen molar-refractivity contribution in [3.05, 3.63) is 50.3 Å². The minimum atomic E-state index is -4.09. The van der Waals surface area contributed by atoms with Gasteiger partial charge in [-0.3, -0.25) is 4.79 Å². The van der Waals surface area contributed by atoms with E-state index in [1.165, 1.54) is 6.07 Å². The summed E-state index contributed by atoms with van der Waals surface area (Å²) < 4.78 is 43.4. The van der Waals surface area contributed by atoms with Crippen LogP contribution < -0.4 is 14.2 Å². The number of carbonyl (C=O) groups is 1. The number of ketones is 1. The average molecular weight is 480 g/mol.